The molecule has 5 nitrogen and oxygen atoms in total. The maximum Gasteiger partial charge on any atom is 0.264 e. The van der Waals surface area contributed by atoms with Crippen molar-refractivity contribution < 1.29 is 14.3 Å². The van der Waals surface area contributed by atoms with E-state index in [1.165, 1.54) is 43.4 Å². The Balaban J connectivity index is 1.60. The van der Waals surface area contributed by atoms with Crippen LogP contribution in [0, 0.1) is 0 Å². The molecule has 0 atom stereocenters. The lowest BCUT2D eigenvalue weighted by molar-refractivity contribution is -0.118. The fourth-order valence-corrected chi connectivity index (χ4v) is 2.84. The van der Waals surface area contributed by atoms with E-state index < -0.39 is 0 Å². The highest BCUT2D eigenvalue weighted by atomic mass is 32.1. The van der Waals surface area contributed by atoms with Gasteiger partial charge in [0.05, 0.1) is 6.61 Å². The summed E-state index contributed by atoms with van der Waals surface area (Å²) in [4.78, 5) is 15.7. The molecule has 1 amide bonds. The van der Waals surface area contributed by atoms with E-state index >= 15 is 0 Å². The predicted octanol–water partition coefficient (Wildman–Crippen LogP) is 4.90. The van der Waals surface area contributed by atoms with Gasteiger partial charge in [-0.05, 0) is 30.7 Å². The van der Waals surface area contributed by atoms with Crippen LogP contribution in [-0.2, 0) is 4.79 Å². The average Bonchev–Trinajstić information content (AvgIpc) is 3.13. The molecule has 1 aromatic carbocycles. The van der Waals surface area contributed by atoms with Crippen LogP contribution >= 0.6 is 11.3 Å². The van der Waals surface area contributed by atoms with Gasteiger partial charge in [0, 0.05) is 11.6 Å². The van der Waals surface area contributed by atoms with Crippen molar-refractivity contribution in [2.45, 2.75) is 45.4 Å². The maximum atomic E-state index is 11.7. The third-order valence-corrected chi connectivity index (χ3v) is 4.33. The first-order chi connectivity index (χ1) is 12.3. The van der Waals surface area contributed by atoms with Crippen LogP contribution < -0.4 is 14.8 Å². The Hall–Kier alpha value is -2.08. The molecule has 0 aliphatic rings. The highest BCUT2D eigenvalue weighted by molar-refractivity contribution is 7.13. The summed E-state index contributed by atoms with van der Waals surface area (Å²) in [5.41, 5.74) is 0. The van der Waals surface area contributed by atoms with E-state index in [-0.39, 0.29) is 12.5 Å². The number of aromatic nitrogens is 1. The summed E-state index contributed by atoms with van der Waals surface area (Å²) in [6, 6.07) is 7.36. The number of ether oxygens (including phenoxy) is 2. The third-order valence-electron chi connectivity index (χ3n) is 3.64. The average molecular weight is 362 g/mol. The van der Waals surface area contributed by atoms with Crippen LogP contribution in [0.3, 0.4) is 0 Å². The van der Waals surface area contributed by atoms with Crippen LogP contribution in [0.25, 0.3) is 0 Å². The van der Waals surface area contributed by atoms with Gasteiger partial charge in [-0.2, -0.15) is 0 Å². The van der Waals surface area contributed by atoms with Crippen molar-refractivity contribution in [3.63, 3.8) is 0 Å². The normalized spacial score (nSPS) is 10.4. The van der Waals surface area contributed by atoms with Crippen molar-refractivity contribution in [1.29, 1.82) is 0 Å². The van der Waals surface area contributed by atoms with Crippen molar-refractivity contribution in [2.75, 3.05) is 18.5 Å². The number of carbonyl (C=O) groups excluding carboxylic acids is 1. The SMILES string of the molecule is CCCCCCCCOc1ccc(OCC(=O)Nc2nccs2)cc1. The molecule has 0 unspecified atom stereocenters. The molecule has 0 saturated heterocycles. The van der Waals surface area contributed by atoms with Crippen LogP contribution in [0.2, 0.25) is 0 Å². The second kappa shape index (κ2) is 11.5. The lowest BCUT2D eigenvalue weighted by atomic mass is 10.1. The lowest BCUT2D eigenvalue weighted by Gasteiger charge is -2.08. The molecule has 1 heterocycles. The topological polar surface area (TPSA) is 60.5 Å². The minimum absolute atomic E-state index is 0.0441. The van der Waals surface area contributed by atoms with Gasteiger partial charge in [-0.1, -0.05) is 39.0 Å². The van der Waals surface area contributed by atoms with Gasteiger partial charge in [-0.25, -0.2) is 4.98 Å². The van der Waals surface area contributed by atoms with Crippen molar-refractivity contribution in [2.24, 2.45) is 0 Å². The number of nitrogens with one attached hydrogen (secondary N) is 1. The summed E-state index contributed by atoms with van der Waals surface area (Å²) >= 11 is 1.37. The summed E-state index contributed by atoms with van der Waals surface area (Å²) in [6.45, 7) is 2.92. The Bertz CT molecular complexity index is 600. The monoisotopic (exact) mass is 362 g/mol. The number of hydrogen-bond acceptors (Lipinski definition) is 5. The molecule has 6 heteroatoms. The zero-order valence-corrected chi connectivity index (χ0v) is 15.5. The van der Waals surface area contributed by atoms with E-state index in [2.05, 4.69) is 17.2 Å². The van der Waals surface area contributed by atoms with Crippen molar-refractivity contribution in [1.82, 2.24) is 4.98 Å². The predicted molar refractivity (Wildman–Crippen MR) is 102 cm³/mol. The van der Waals surface area contributed by atoms with E-state index in [1.54, 1.807) is 11.6 Å². The van der Waals surface area contributed by atoms with Crippen LogP contribution in [-0.4, -0.2) is 24.1 Å². The van der Waals surface area contributed by atoms with Gasteiger partial charge in [0.2, 0.25) is 0 Å². The van der Waals surface area contributed by atoms with Gasteiger partial charge in [-0.15, -0.1) is 11.3 Å². The molecule has 0 fully saturated rings. The summed E-state index contributed by atoms with van der Waals surface area (Å²) in [5, 5.41) is 5.06. The number of unbranched alkanes of at least 4 members (excludes halogenated alkanes) is 5. The molecule has 2 aromatic rings. The van der Waals surface area contributed by atoms with Crippen LogP contribution in [0.15, 0.2) is 35.8 Å². The van der Waals surface area contributed by atoms with E-state index in [0.717, 1.165) is 18.8 Å². The molecule has 0 bridgehead atoms. The first kappa shape index (κ1) is 19.2. The minimum Gasteiger partial charge on any atom is -0.494 e. The second-order valence-electron chi connectivity index (χ2n) is 5.76. The molecule has 0 aliphatic carbocycles. The van der Waals surface area contributed by atoms with E-state index in [0.29, 0.717) is 10.9 Å². The lowest BCUT2D eigenvalue weighted by Crippen LogP contribution is -2.19. The molecule has 0 aliphatic heterocycles. The number of rotatable bonds is 12. The number of amides is 1. The Morgan fingerprint density at radius 3 is 2.40 bits per heavy atom. The summed E-state index contributed by atoms with van der Waals surface area (Å²) in [6.07, 6.45) is 9.15. The number of benzene rings is 1. The van der Waals surface area contributed by atoms with Crippen LogP contribution in [0.4, 0.5) is 5.13 Å². The van der Waals surface area contributed by atoms with Gasteiger partial charge >= 0.3 is 0 Å². The Labute approximate surface area is 153 Å². The molecule has 1 N–H and O–H groups in total. The smallest absolute Gasteiger partial charge is 0.264 e. The number of hydrogen-bond donors (Lipinski definition) is 1. The first-order valence-corrected chi connectivity index (χ1v) is 9.71. The van der Waals surface area contributed by atoms with E-state index in [4.69, 9.17) is 9.47 Å². The summed E-state index contributed by atoms with van der Waals surface area (Å²) in [5.74, 6) is 1.24. The quantitative estimate of drug-likeness (QED) is 0.546. The first-order valence-electron chi connectivity index (χ1n) is 8.83. The van der Waals surface area contributed by atoms with Crippen molar-refractivity contribution >= 4 is 22.4 Å². The minimum atomic E-state index is -0.224. The number of nitrogens with zero attached hydrogens (tertiary/aromatic N) is 1. The molecule has 0 spiro atoms. The number of thiazole rings is 1. The summed E-state index contributed by atoms with van der Waals surface area (Å²) < 4.78 is 11.2. The zero-order valence-electron chi connectivity index (χ0n) is 14.7. The summed E-state index contributed by atoms with van der Waals surface area (Å²) in [7, 11) is 0. The Morgan fingerprint density at radius 2 is 1.72 bits per heavy atom. The highest BCUT2D eigenvalue weighted by Crippen LogP contribution is 2.18. The van der Waals surface area contributed by atoms with Crippen LogP contribution in [0.5, 0.6) is 11.5 Å². The largest absolute Gasteiger partial charge is 0.494 e. The van der Waals surface area contributed by atoms with Gasteiger partial charge in [-0.3, -0.25) is 10.1 Å². The molecular formula is C19H26N2O3S. The van der Waals surface area contributed by atoms with E-state index in [9.17, 15) is 4.79 Å². The Kier molecular flexibility index (Phi) is 8.83. The molecule has 0 saturated carbocycles. The molecular weight excluding hydrogens is 336 g/mol. The van der Waals surface area contributed by atoms with Gasteiger partial charge < -0.3 is 9.47 Å². The highest BCUT2D eigenvalue weighted by Gasteiger charge is 2.05. The zero-order chi connectivity index (χ0) is 17.7. The fourth-order valence-electron chi connectivity index (χ4n) is 2.29. The van der Waals surface area contributed by atoms with Crippen molar-refractivity contribution in [3.05, 3.63) is 35.8 Å². The molecule has 136 valence electrons. The molecule has 0 radical (unpaired) electrons. The van der Waals surface area contributed by atoms with Crippen molar-refractivity contribution in [3.8, 4) is 11.5 Å². The molecule has 1 aromatic heterocycles. The maximum absolute atomic E-state index is 11.7. The molecule has 2 rings (SSSR count). The second-order valence-corrected chi connectivity index (χ2v) is 6.66. The number of carbonyl (C=O) groups is 1. The third kappa shape index (κ3) is 8.03. The fraction of sp³-hybridized carbons (Fsp3) is 0.474. The van der Waals surface area contributed by atoms with Gasteiger partial charge in [0.15, 0.2) is 11.7 Å². The van der Waals surface area contributed by atoms with Gasteiger partial charge in [0.25, 0.3) is 5.91 Å². The van der Waals surface area contributed by atoms with Crippen LogP contribution in [0.1, 0.15) is 45.4 Å². The molecule has 25 heavy (non-hydrogen) atoms. The Morgan fingerprint density at radius 1 is 1.04 bits per heavy atom. The standard InChI is InChI=1S/C19H26N2O3S/c1-2-3-4-5-6-7-13-23-16-8-10-17(11-9-16)24-15-18(22)21-19-20-12-14-25-19/h8-12,14H,2-7,13,15H2,1H3,(H,20,21,22). The number of anilines is 1. The van der Waals surface area contributed by atoms with E-state index in [1.807, 2.05) is 24.3 Å². The van der Waals surface area contributed by atoms with Gasteiger partial charge in [0.1, 0.15) is 11.5 Å².